The number of hydrogen-bond donors (Lipinski definition) is 2. The lowest BCUT2D eigenvalue weighted by Gasteiger charge is -2.20. The number of alkyl halides is 3. The normalized spacial score (nSPS) is 13.7. The Morgan fingerprint density at radius 3 is 2.70 bits per heavy atom. The number of nitrogens with zero attached hydrogens (tertiary/aromatic N) is 1. The van der Waals surface area contributed by atoms with E-state index >= 15 is 0 Å². The predicted molar refractivity (Wildman–Crippen MR) is 95.6 cm³/mol. The van der Waals surface area contributed by atoms with Crippen molar-refractivity contribution in [3.05, 3.63) is 23.9 Å². The van der Waals surface area contributed by atoms with E-state index in [1.54, 1.807) is 6.07 Å². The minimum atomic E-state index is -4.57. The van der Waals surface area contributed by atoms with Gasteiger partial charge in [-0.25, -0.2) is 9.78 Å². The first-order chi connectivity index (χ1) is 12.8. The van der Waals surface area contributed by atoms with Crippen LogP contribution in [0.25, 0.3) is 0 Å². The Kier molecular flexibility index (Phi) is 9.92. The number of carbonyl (C=O) groups is 1. The average Bonchev–Trinajstić information content (AvgIpc) is 2.59. The Morgan fingerprint density at radius 2 is 2.07 bits per heavy atom. The smallest absolute Gasteiger partial charge is 0.427 e. The molecule has 154 valence electrons. The highest BCUT2D eigenvalue weighted by molar-refractivity contribution is 5.74. The highest BCUT2D eigenvalue weighted by Gasteiger charge is 2.42. The molecule has 2 N–H and O–H groups in total. The van der Waals surface area contributed by atoms with Gasteiger partial charge in [0.15, 0.2) is 0 Å². The molecule has 1 aromatic heterocycles. The molecule has 0 aliphatic carbocycles. The Labute approximate surface area is 157 Å². The molecule has 2 unspecified atom stereocenters. The van der Waals surface area contributed by atoms with Crippen LogP contribution in [0.1, 0.15) is 45.1 Å². The van der Waals surface area contributed by atoms with Crippen molar-refractivity contribution >= 4 is 6.03 Å². The van der Waals surface area contributed by atoms with Gasteiger partial charge in [0.25, 0.3) is 0 Å². The van der Waals surface area contributed by atoms with Crippen LogP contribution in [0.3, 0.4) is 0 Å². The van der Waals surface area contributed by atoms with Gasteiger partial charge in [0.2, 0.25) is 12.0 Å². The van der Waals surface area contributed by atoms with Crippen LogP contribution in [0.15, 0.2) is 18.3 Å². The number of unbranched alkanes of at least 4 members (excludes halogenated alkanes) is 2. The van der Waals surface area contributed by atoms with E-state index < -0.39 is 18.9 Å². The number of methoxy groups -OCH3 is 1. The molecule has 0 bridgehead atoms. The second kappa shape index (κ2) is 11.6. The molecule has 9 heteroatoms. The van der Waals surface area contributed by atoms with Crippen LogP contribution in [0, 0.1) is 0 Å². The maximum absolute atomic E-state index is 12.9. The third-order valence-electron chi connectivity index (χ3n) is 3.82. The summed E-state index contributed by atoms with van der Waals surface area (Å²) >= 11 is 0. The summed E-state index contributed by atoms with van der Waals surface area (Å²) in [6.45, 7) is 3.56. The number of aromatic nitrogens is 1. The van der Waals surface area contributed by atoms with E-state index in [9.17, 15) is 18.0 Å². The summed E-state index contributed by atoms with van der Waals surface area (Å²) in [4.78, 5) is 15.7. The summed E-state index contributed by atoms with van der Waals surface area (Å²) in [6.07, 6.45) is -1.17. The van der Waals surface area contributed by atoms with Crippen molar-refractivity contribution in [3.63, 3.8) is 0 Å². The van der Waals surface area contributed by atoms with Gasteiger partial charge < -0.3 is 20.1 Å². The van der Waals surface area contributed by atoms with E-state index in [-0.39, 0.29) is 24.5 Å². The van der Waals surface area contributed by atoms with Gasteiger partial charge in [-0.15, -0.1) is 0 Å². The van der Waals surface area contributed by atoms with Crippen LogP contribution in [-0.4, -0.2) is 43.1 Å². The Hall–Kier alpha value is -2.03. The number of pyridine rings is 1. The van der Waals surface area contributed by atoms with Crippen molar-refractivity contribution in [3.8, 4) is 5.88 Å². The number of hydrogen-bond acceptors (Lipinski definition) is 4. The molecule has 1 aromatic rings. The van der Waals surface area contributed by atoms with Crippen molar-refractivity contribution in [2.75, 3.05) is 13.7 Å². The molecule has 1 heterocycles. The standard InChI is InChI=1S/C18H28F3N3O3/c1-4-5-6-7-13(2)24-17(25)23-11-14-8-9-22-16(10-14)27-15(12-26-3)18(19,20)21/h8-10,13,15H,4-7,11-12H2,1-3H3,(H2,23,24,25). The van der Waals surface area contributed by atoms with Gasteiger partial charge >= 0.3 is 12.2 Å². The molecule has 0 fully saturated rings. The number of ether oxygens (including phenoxy) is 2. The zero-order valence-corrected chi connectivity index (χ0v) is 15.9. The number of carbonyl (C=O) groups excluding carboxylic acids is 1. The lowest BCUT2D eigenvalue weighted by Crippen LogP contribution is -2.40. The Morgan fingerprint density at radius 1 is 1.33 bits per heavy atom. The largest absolute Gasteiger partial charge is 0.462 e. The predicted octanol–water partition coefficient (Wildman–Crippen LogP) is 3.81. The van der Waals surface area contributed by atoms with Gasteiger partial charge in [0, 0.05) is 32.0 Å². The maximum atomic E-state index is 12.9. The molecule has 0 radical (unpaired) electrons. The minimum absolute atomic E-state index is 0.0504. The summed E-state index contributed by atoms with van der Waals surface area (Å²) in [7, 11) is 1.16. The van der Waals surface area contributed by atoms with Gasteiger partial charge in [-0.3, -0.25) is 0 Å². The summed E-state index contributed by atoms with van der Waals surface area (Å²) in [5.74, 6) is -0.179. The molecule has 1 rings (SSSR count). The first-order valence-electron chi connectivity index (χ1n) is 8.97. The van der Waals surface area contributed by atoms with Gasteiger partial charge in [-0.05, 0) is 25.0 Å². The lowest BCUT2D eigenvalue weighted by molar-refractivity contribution is -0.207. The zero-order valence-electron chi connectivity index (χ0n) is 15.9. The molecule has 2 amide bonds. The molecule has 0 saturated carbocycles. The van der Waals surface area contributed by atoms with Crippen LogP contribution >= 0.6 is 0 Å². The summed E-state index contributed by atoms with van der Waals surface area (Å²) < 4.78 is 48.1. The number of nitrogens with one attached hydrogen (secondary N) is 2. The van der Waals surface area contributed by atoms with Gasteiger partial charge in [0.1, 0.15) is 0 Å². The third-order valence-corrected chi connectivity index (χ3v) is 3.82. The summed E-state index contributed by atoms with van der Waals surface area (Å²) in [6, 6.07) is 2.68. The van der Waals surface area contributed by atoms with Crippen LogP contribution in [0.2, 0.25) is 0 Å². The second-order valence-corrected chi connectivity index (χ2v) is 6.33. The molecule has 0 saturated heterocycles. The van der Waals surface area contributed by atoms with Crippen molar-refractivity contribution in [1.82, 2.24) is 15.6 Å². The maximum Gasteiger partial charge on any atom is 0.427 e. The number of urea groups is 1. The highest BCUT2D eigenvalue weighted by atomic mass is 19.4. The van der Waals surface area contributed by atoms with Crippen molar-refractivity contribution < 1.29 is 27.4 Å². The minimum Gasteiger partial charge on any atom is -0.462 e. The van der Waals surface area contributed by atoms with Gasteiger partial charge in [-0.1, -0.05) is 26.2 Å². The fourth-order valence-electron chi connectivity index (χ4n) is 2.35. The molecular weight excluding hydrogens is 363 g/mol. The average molecular weight is 391 g/mol. The molecule has 6 nitrogen and oxygen atoms in total. The van der Waals surface area contributed by atoms with Gasteiger partial charge in [-0.2, -0.15) is 13.2 Å². The molecule has 2 atom stereocenters. The fraction of sp³-hybridized carbons (Fsp3) is 0.667. The van der Waals surface area contributed by atoms with Crippen LogP contribution in [0.4, 0.5) is 18.0 Å². The first-order valence-corrected chi connectivity index (χ1v) is 8.97. The molecule has 0 aliphatic heterocycles. The quantitative estimate of drug-likeness (QED) is 0.563. The van der Waals surface area contributed by atoms with E-state index in [2.05, 4.69) is 27.3 Å². The molecular formula is C18H28F3N3O3. The van der Waals surface area contributed by atoms with Crippen molar-refractivity contribution in [2.24, 2.45) is 0 Å². The van der Waals surface area contributed by atoms with E-state index in [4.69, 9.17) is 4.74 Å². The van der Waals surface area contributed by atoms with E-state index in [1.807, 2.05) is 6.92 Å². The summed E-state index contributed by atoms with van der Waals surface area (Å²) in [5.41, 5.74) is 0.576. The number of amides is 2. The third kappa shape index (κ3) is 9.46. The van der Waals surface area contributed by atoms with E-state index in [1.165, 1.54) is 12.3 Å². The highest BCUT2D eigenvalue weighted by Crippen LogP contribution is 2.25. The fourth-order valence-corrected chi connectivity index (χ4v) is 2.35. The summed E-state index contributed by atoms with van der Waals surface area (Å²) in [5, 5.41) is 5.51. The van der Waals surface area contributed by atoms with Crippen molar-refractivity contribution in [1.29, 1.82) is 0 Å². The van der Waals surface area contributed by atoms with E-state index in [0.29, 0.717) is 5.56 Å². The molecule has 0 spiro atoms. The van der Waals surface area contributed by atoms with Crippen LogP contribution < -0.4 is 15.4 Å². The van der Waals surface area contributed by atoms with E-state index in [0.717, 1.165) is 32.8 Å². The van der Waals surface area contributed by atoms with Crippen LogP contribution in [0.5, 0.6) is 5.88 Å². The van der Waals surface area contributed by atoms with Gasteiger partial charge in [0.05, 0.1) is 6.61 Å². The lowest BCUT2D eigenvalue weighted by atomic mass is 10.1. The topological polar surface area (TPSA) is 72.5 Å². The molecule has 0 aromatic carbocycles. The molecule has 27 heavy (non-hydrogen) atoms. The zero-order chi connectivity index (χ0) is 20.3. The first kappa shape index (κ1) is 23.0. The number of halogens is 3. The number of rotatable bonds is 11. The second-order valence-electron chi connectivity index (χ2n) is 6.33. The Balaban J connectivity index is 2.53. The molecule has 0 aliphatic rings. The SMILES string of the molecule is CCCCCC(C)NC(=O)NCc1ccnc(OC(COC)C(F)(F)F)c1. The van der Waals surface area contributed by atoms with Crippen LogP contribution in [-0.2, 0) is 11.3 Å². The van der Waals surface area contributed by atoms with Crippen molar-refractivity contribution in [2.45, 2.75) is 64.4 Å². The Bertz CT molecular complexity index is 570. The monoisotopic (exact) mass is 391 g/mol.